The number of fused-ring (bicyclic) bond motifs is 2. The molecule has 122 valence electrons. The lowest BCUT2D eigenvalue weighted by atomic mass is 10.2. The van der Waals surface area contributed by atoms with Crippen molar-refractivity contribution in [2.75, 3.05) is 45.1 Å². The van der Waals surface area contributed by atoms with Crippen LogP contribution in [0.25, 0.3) is 20.4 Å². The number of hydrogen-bond donors (Lipinski definition) is 0. The number of methoxy groups -OCH3 is 1. The molecule has 0 saturated heterocycles. The second-order valence-electron chi connectivity index (χ2n) is 5.62. The summed E-state index contributed by atoms with van der Waals surface area (Å²) in [5, 5.41) is 0. The summed E-state index contributed by atoms with van der Waals surface area (Å²) >= 11 is 1.72. The van der Waals surface area contributed by atoms with E-state index in [1.165, 1.54) is 5.69 Å². The molecule has 1 heterocycles. The van der Waals surface area contributed by atoms with Gasteiger partial charge in [0.25, 0.3) is 4.70 Å². The predicted molar refractivity (Wildman–Crippen MR) is 96.7 cm³/mol. The van der Waals surface area contributed by atoms with Crippen LogP contribution in [-0.2, 0) is 0 Å². The van der Waals surface area contributed by atoms with Crippen LogP contribution < -0.4 is 26.9 Å². The molecule has 4 nitrogen and oxygen atoms in total. The molecule has 0 unspecified atom stereocenters. The fourth-order valence-electron chi connectivity index (χ4n) is 2.47. The molecule has 3 rings (SSSR count). The number of halogens is 1. The van der Waals surface area contributed by atoms with Crippen molar-refractivity contribution in [2.45, 2.75) is 0 Å². The van der Waals surface area contributed by atoms with Crippen LogP contribution in [0.3, 0.4) is 0 Å². The summed E-state index contributed by atoms with van der Waals surface area (Å²) in [4.78, 5) is 8.94. The maximum atomic E-state index is 5.66. The summed E-state index contributed by atoms with van der Waals surface area (Å²) in [5.41, 5.74) is 4.23. The average molecular weight is 350 g/mol. The first-order valence-corrected chi connectivity index (χ1v) is 7.92. The Hall–Kier alpha value is -1.85. The van der Waals surface area contributed by atoms with Gasteiger partial charge < -0.3 is 26.9 Å². The second kappa shape index (κ2) is 6.72. The molecule has 3 aromatic rings. The monoisotopic (exact) mass is 349 g/mol. The third-order valence-corrected chi connectivity index (χ3v) is 4.81. The highest BCUT2D eigenvalue weighted by Gasteiger charge is 2.21. The lowest BCUT2D eigenvalue weighted by Gasteiger charge is -2.15. The van der Waals surface area contributed by atoms with Crippen molar-refractivity contribution < 1.29 is 17.1 Å². The van der Waals surface area contributed by atoms with Crippen molar-refractivity contribution in [3.8, 4) is 5.75 Å². The smallest absolute Gasteiger partial charge is 0.300 e. The Bertz CT molecular complexity index is 852. The van der Waals surface area contributed by atoms with Crippen LogP contribution in [0.15, 0.2) is 30.3 Å². The van der Waals surface area contributed by atoms with Gasteiger partial charge in [0.05, 0.1) is 12.8 Å². The topological polar surface area (TPSA) is 28.6 Å². The highest BCUT2D eigenvalue weighted by molar-refractivity contribution is 7.24. The van der Waals surface area contributed by atoms with Gasteiger partial charge in [-0.3, -0.25) is 0 Å². The quantitative estimate of drug-likeness (QED) is 0.518. The third kappa shape index (κ3) is 3.12. The first-order chi connectivity index (χ1) is 10.5. The molecule has 1 aromatic heterocycles. The fraction of sp³-hybridized carbons (Fsp3) is 0.294. The normalized spacial score (nSPS) is 10.5. The fourth-order valence-corrected chi connectivity index (χ4v) is 3.59. The molecule has 2 aromatic carbocycles. The van der Waals surface area contributed by atoms with E-state index in [4.69, 9.17) is 9.72 Å². The minimum absolute atomic E-state index is 0. The Labute approximate surface area is 146 Å². The van der Waals surface area contributed by atoms with Gasteiger partial charge in [-0.1, -0.05) is 0 Å². The lowest BCUT2D eigenvalue weighted by Crippen LogP contribution is -3.00. The molecule has 0 spiro atoms. The zero-order chi connectivity index (χ0) is 15.9. The molecule has 0 aliphatic carbocycles. The van der Waals surface area contributed by atoms with Crippen molar-refractivity contribution in [3.05, 3.63) is 30.3 Å². The summed E-state index contributed by atoms with van der Waals surface area (Å²) in [6, 6.07) is 10.5. The summed E-state index contributed by atoms with van der Waals surface area (Å²) in [6.45, 7) is 0. The van der Waals surface area contributed by atoms with Gasteiger partial charge in [0.2, 0.25) is 17.1 Å². The van der Waals surface area contributed by atoms with Gasteiger partial charge in [-0.2, -0.15) is 0 Å². The Kier molecular flexibility index (Phi) is 5.12. The number of ether oxygens (including phenoxy) is 1. The summed E-state index contributed by atoms with van der Waals surface area (Å²) in [5.74, 6) is 0.886. The van der Waals surface area contributed by atoms with Gasteiger partial charge in [0, 0.05) is 39.9 Å². The maximum Gasteiger partial charge on any atom is 0.300 e. The molecule has 0 atom stereocenters. The zero-order valence-electron chi connectivity index (χ0n) is 13.9. The largest absolute Gasteiger partial charge is 1.00 e. The predicted octanol–water partition coefficient (Wildman–Crippen LogP) is 0.875. The van der Waals surface area contributed by atoms with E-state index < -0.39 is 0 Å². The van der Waals surface area contributed by atoms with E-state index in [9.17, 15) is 0 Å². The van der Waals surface area contributed by atoms with Gasteiger partial charge >= 0.3 is 4.70 Å². The number of anilines is 2. The van der Waals surface area contributed by atoms with E-state index in [2.05, 4.69) is 40.1 Å². The summed E-state index contributed by atoms with van der Waals surface area (Å²) < 4.78 is 7.91. The first kappa shape index (κ1) is 17.5. The van der Waals surface area contributed by atoms with E-state index in [0.29, 0.717) is 0 Å². The van der Waals surface area contributed by atoms with Gasteiger partial charge in [-0.25, -0.2) is 4.98 Å². The van der Waals surface area contributed by atoms with Crippen molar-refractivity contribution in [1.82, 2.24) is 4.98 Å². The molecular formula is C17H20ClN3OS. The van der Waals surface area contributed by atoms with Gasteiger partial charge in [0.1, 0.15) is 11.0 Å². The van der Waals surface area contributed by atoms with Crippen LogP contribution in [0, 0.1) is 0 Å². The van der Waals surface area contributed by atoms with E-state index >= 15 is 0 Å². The third-order valence-electron chi connectivity index (χ3n) is 3.67. The van der Waals surface area contributed by atoms with Crippen molar-refractivity contribution in [1.29, 1.82) is 0 Å². The minimum atomic E-state index is 0. The standard InChI is InChI=1S/C17H20N3OS.ClH/c1-19(2)11-6-7-12-15(10-11)22-17-13(18-12)8-9-14(20(3)4)16(17)21-5;/h6-10H,1-5H3;1H/q+1;/p-1. The van der Waals surface area contributed by atoms with Crippen LogP contribution in [-0.4, -0.2) is 40.3 Å². The Morgan fingerprint density at radius 1 is 0.957 bits per heavy atom. The van der Waals surface area contributed by atoms with Gasteiger partial charge in [-0.05, 0) is 24.3 Å². The van der Waals surface area contributed by atoms with Crippen LogP contribution in [0.2, 0.25) is 0 Å². The number of benzene rings is 2. The lowest BCUT2D eigenvalue weighted by molar-refractivity contribution is -0.00000476. The molecule has 0 radical (unpaired) electrons. The zero-order valence-corrected chi connectivity index (χ0v) is 15.5. The number of aromatic nitrogens is 1. The van der Waals surface area contributed by atoms with Crippen LogP contribution in [0.5, 0.6) is 5.75 Å². The molecule has 0 N–H and O–H groups in total. The van der Waals surface area contributed by atoms with Crippen molar-refractivity contribution >= 4 is 43.1 Å². The summed E-state index contributed by atoms with van der Waals surface area (Å²) in [7, 11) is 9.85. The SMILES string of the molecule is COc1c(N(C)C)ccc2nc3ccc(N(C)C)cc3[s+]c12.[Cl-]. The second-order valence-corrected chi connectivity index (χ2v) is 6.67. The number of hydrogen-bond acceptors (Lipinski definition) is 4. The molecule has 0 aliphatic heterocycles. The molecule has 0 aliphatic rings. The van der Waals surface area contributed by atoms with Crippen LogP contribution in [0.4, 0.5) is 11.4 Å². The molecule has 23 heavy (non-hydrogen) atoms. The maximum absolute atomic E-state index is 5.66. The molecule has 0 fully saturated rings. The van der Waals surface area contributed by atoms with E-state index in [1.54, 1.807) is 18.4 Å². The Morgan fingerprint density at radius 2 is 1.65 bits per heavy atom. The first-order valence-electron chi connectivity index (χ1n) is 7.10. The molecule has 0 amide bonds. The van der Waals surface area contributed by atoms with E-state index in [-0.39, 0.29) is 12.4 Å². The minimum Gasteiger partial charge on any atom is -1.00 e. The molecule has 0 saturated carbocycles. The number of rotatable bonds is 3. The van der Waals surface area contributed by atoms with Gasteiger partial charge in [0.15, 0.2) is 0 Å². The average Bonchev–Trinajstić information content (AvgIpc) is 2.50. The molecule has 0 bridgehead atoms. The Balaban J connectivity index is 0.00000192. The van der Waals surface area contributed by atoms with Gasteiger partial charge in [-0.15, -0.1) is 0 Å². The highest BCUT2D eigenvalue weighted by Crippen LogP contribution is 2.39. The van der Waals surface area contributed by atoms with E-state index in [1.807, 2.05) is 28.2 Å². The highest BCUT2D eigenvalue weighted by atomic mass is 35.5. The number of nitrogens with zero attached hydrogens (tertiary/aromatic N) is 3. The Morgan fingerprint density at radius 3 is 2.26 bits per heavy atom. The van der Waals surface area contributed by atoms with Crippen LogP contribution in [0.1, 0.15) is 0 Å². The van der Waals surface area contributed by atoms with E-state index in [0.717, 1.165) is 31.9 Å². The molecular weight excluding hydrogens is 330 g/mol. The van der Waals surface area contributed by atoms with Crippen molar-refractivity contribution in [2.24, 2.45) is 0 Å². The molecule has 6 heteroatoms. The van der Waals surface area contributed by atoms with Crippen molar-refractivity contribution in [3.63, 3.8) is 0 Å². The van der Waals surface area contributed by atoms with Crippen LogP contribution >= 0.6 is 11.3 Å². The summed E-state index contributed by atoms with van der Waals surface area (Å²) in [6.07, 6.45) is 0.